The van der Waals surface area contributed by atoms with E-state index in [9.17, 15) is 14.4 Å². The molecule has 1 aliphatic carbocycles. The number of carbonyl (C=O) groups excluding carboxylic acids is 3. The maximum Gasteiger partial charge on any atom is 0.245 e. The number of hydrogen-bond acceptors (Lipinski definition) is 5. The molecule has 4 N–H and O–H groups in total. The lowest BCUT2D eigenvalue weighted by molar-refractivity contribution is -0.147. The van der Waals surface area contributed by atoms with E-state index in [0.29, 0.717) is 56.4 Å². The second kappa shape index (κ2) is 13.0. The second-order valence-electron chi connectivity index (χ2n) is 12.6. The molecule has 2 saturated heterocycles. The average molecular weight is 560 g/mol. The van der Waals surface area contributed by atoms with Crippen molar-refractivity contribution in [2.75, 3.05) is 32.7 Å². The van der Waals surface area contributed by atoms with Crippen LogP contribution in [0.5, 0.6) is 0 Å². The third kappa shape index (κ3) is 7.74. The Morgan fingerprint density at radius 3 is 2.31 bits per heavy atom. The molecule has 3 amide bonds. The van der Waals surface area contributed by atoms with Gasteiger partial charge in [-0.2, -0.15) is 0 Å². The minimum Gasteiger partial charge on any atom is -0.351 e. The molecule has 39 heavy (non-hydrogen) atoms. The van der Waals surface area contributed by atoms with Crippen LogP contribution in [0.1, 0.15) is 71.3 Å². The van der Waals surface area contributed by atoms with Gasteiger partial charge in [-0.1, -0.05) is 43.0 Å². The number of hydrogen-bond donors (Lipinski definition) is 4. The number of piperazine rings is 1. The van der Waals surface area contributed by atoms with E-state index in [1.807, 2.05) is 37.8 Å². The molecule has 9 heteroatoms. The van der Waals surface area contributed by atoms with Gasteiger partial charge >= 0.3 is 0 Å². The van der Waals surface area contributed by atoms with E-state index in [2.05, 4.69) is 21.3 Å². The number of carbonyl (C=O) groups is 3. The van der Waals surface area contributed by atoms with Crippen molar-refractivity contribution in [2.45, 2.75) is 89.8 Å². The molecule has 3 fully saturated rings. The molecule has 0 bridgehead atoms. The van der Waals surface area contributed by atoms with Gasteiger partial charge in [0.2, 0.25) is 17.7 Å². The molecule has 1 aromatic rings. The van der Waals surface area contributed by atoms with Crippen molar-refractivity contribution in [2.24, 2.45) is 11.3 Å². The summed E-state index contributed by atoms with van der Waals surface area (Å²) in [6, 6.07) is 6.35. The highest BCUT2D eigenvalue weighted by molar-refractivity contribution is 6.30. The van der Waals surface area contributed by atoms with E-state index in [1.165, 1.54) is 6.42 Å². The standard InChI is InChI=1S/C30H46ClN5O3/c1-29(2,3)35-28(39)30(22-7-5-4-6-8-22)13-17-36(18-14-30)27(38)24(19-21-9-11-23(31)12-10-21)34-26(37)25-20-32-15-16-33-25/h9-12,22,24-25,32-33H,4-8,13-20H2,1-3H3,(H,34,37)(H,35,39)/t24-,25+/m1/s1. The van der Waals surface area contributed by atoms with Crippen molar-refractivity contribution in [3.05, 3.63) is 34.9 Å². The first-order valence-electron chi connectivity index (χ1n) is 14.7. The summed E-state index contributed by atoms with van der Waals surface area (Å²) in [5, 5.41) is 13.4. The zero-order valence-corrected chi connectivity index (χ0v) is 24.5. The second-order valence-corrected chi connectivity index (χ2v) is 13.1. The van der Waals surface area contributed by atoms with Gasteiger partial charge in [-0.05, 0) is 70.1 Å². The number of halogens is 1. The number of likely N-dealkylation sites (tertiary alicyclic amines) is 1. The molecular formula is C30H46ClN5O3. The van der Waals surface area contributed by atoms with Gasteiger partial charge in [-0.3, -0.25) is 14.4 Å². The zero-order valence-electron chi connectivity index (χ0n) is 23.8. The molecule has 0 spiro atoms. The molecule has 0 radical (unpaired) electrons. The van der Waals surface area contributed by atoms with Crippen LogP contribution in [0.4, 0.5) is 0 Å². The molecule has 2 aliphatic heterocycles. The van der Waals surface area contributed by atoms with Gasteiger partial charge < -0.3 is 26.2 Å². The van der Waals surface area contributed by atoms with E-state index in [4.69, 9.17) is 11.6 Å². The van der Waals surface area contributed by atoms with Crippen LogP contribution in [-0.2, 0) is 20.8 Å². The minimum atomic E-state index is -0.687. The summed E-state index contributed by atoms with van der Waals surface area (Å²) in [6.45, 7) is 9.17. The van der Waals surface area contributed by atoms with Crippen molar-refractivity contribution < 1.29 is 14.4 Å². The summed E-state index contributed by atoms with van der Waals surface area (Å²) >= 11 is 6.08. The Kier molecular flexibility index (Phi) is 9.94. The molecule has 0 unspecified atom stereocenters. The zero-order chi connectivity index (χ0) is 28.0. The topological polar surface area (TPSA) is 103 Å². The molecule has 1 saturated carbocycles. The summed E-state index contributed by atoms with van der Waals surface area (Å²) < 4.78 is 0. The van der Waals surface area contributed by atoms with Gasteiger partial charge in [0.1, 0.15) is 6.04 Å². The van der Waals surface area contributed by atoms with E-state index < -0.39 is 11.5 Å². The Morgan fingerprint density at radius 2 is 1.72 bits per heavy atom. The van der Waals surface area contributed by atoms with Crippen LogP contribution in [0, 0.1) is 11.3 Å². The Morgan fingerprint density at radius 1 is 1.05 bits per heavy atom. The summed E-state index contributed by atoms with van der Waals surface area (Å²) in [5.41, 5.74) is 0.185. The number of benzene rings is 1. The van der Waals surface area contributed by atoms with Crippen LogP contribution in [0.15, 0.2) is 24.3 Å². The number of nitrogens with one attached hydrogen (secondary N) is 4. The Labute approximate surface area is 238 Å². The predicted molar refractivity (Wildman–Crippen MR) is 154 cm³/mol. The summed E-state index contributed by atoms with van der Waals surface area (Å²) in [5.74, 6) is 0.222. The molecule has 0 aromatic heterocycles. The summed E-state index contributed by atoms with van der Waals surface area (Å²) in [7, 11) is 0. The van der Waals surface area contributed by atoms with Crippen LogP contribution < -0.4 is 21.3 Å². The quantitative estimate of drug-likeness (QED) is 0.411. The van der Waals surface area contributed by atoms with Crippen LogP contribution in [-0.4, -0.2) is 73.0 Å². The fraction of sp³-hybridized carbons (Fsp3) is 0.700. The number of nitrogens with zero attached hydrogens (tertiary/aromatic N) is 1. The molecule has 216 valence electrons. The number of rotatable bonds is 7. The number of piperidine rings is 1. The summed E-state index contributed by atoms with van der Waals surface area (Å²) in [6.07, 6.45) is 7.40. The summed E-state index contributed by atoms with van der Waals surface area (Å²) in [4.78, 5) is 42.6. The average Bonchev–Trinajstić information content (AvgIpc) is 2.93. The Bertz CT molecular complexity index is 989. The molecule has 1 aromatic carbocycles. The normalized spacial score (nSPS) is 23.1. The molecule has 2 atom stereocenters. The third-order valence-corrected chi connectivity index (χ3v) is 8.87. The molecule has 8 nitrogen and oxygen atoms in total. The van der Waals surface area contributed by atoms with Gasteiger partial charge in [0, 0.05) is 49.7 Å². The first kappa shape index (κ1) is 29.8. The molecule has 3 aliphatic rings. The fourth-order valence-electron chi connectivity index (χ4n) is 6.45. The van der Waals surface area contributed by atoms with Crippen LogP contribution in [0.2, 0.25) is 5.02 Å². The van der Waals surface area contributed by atoms with Gasteiger partial charge in [0.25, 0.3) is 0 Å². The van der Waals surface area contributed by atoms with Crippen LogP contribution in [0.25, 0.3) is 0 Å². The lowest BCUT2D eigenvalue weighted by atomic mass is 9.63. The smallest absolute Gasteiger partial charge is 0.245 e. The molecule has 2 heterocycles. The predicted octanol–water partition coefficient (Wildman–Crippen LogP) is 3.03. The van der Waals surface area contributed by atoms with Crippen molar-refractivity contribution in [3.63, 3.8) is 0 Å². The number of amides is 3. The van der Waals surface area contributed by atoms with Gasteiger partial charge in [-0.25, -0.2) is 0 Å². The first-order valence-corrected chi connectivity index (χ1v) is 15.1. The van der Waals surface area contributed by atoms with E-state index in [1.54, 1.807) is 12.1 Å². The maximum atomic E-state index is 13.9. The van der Waals surface area contributed by atoms with E-state index in [-0.39, 0.29) is 29.3 Å². The lowest BCUT2D eigenvalue weighted by Crippen LogP contribution is -2.61. The van der Waals surface area contributed by atoms with Crippen molar-refractivity contribution in [3.8, 4) is 0 Å². The van der Waals surface area contributed by atoms with Gasteiger partial charge in [-0.15, -0.1) is 0 Å². The van der Waals surface area contributed by atoms with Crippen molar-refractivity contribution in [1.29, 1.82) is 0 Å². The third-order valence-electron chi connectivity index (χ3n) is 8.62. The highest BCUT2D eigenvalue weighted by Crippen LogP contribution is 2.46. The van der Waals surface area contributed by atoms with Crippen molar-refractivity contribution >= 4 is 29.3 Å². The van der Waals surface area contributed by atoms with Crippen molar-refractivity contribution in [1.82, 2.24) is 26.2 Å². The van der Waals surface area contributed by atoms with Crippen LogP contribution >= 0.6 is 11.6 Å². The molecular weight excluding hydrogens is 514 g/mol. The fourth-order valence-corrected chi connectivity index (χ4v) is 6.58. The van der Waals surface area contributed by atoms with Crippen LogP contribution in [0.3, 0.4) is 0 Å². The van der Waals surface area contributed by atoms with E-state index in [0.717, 1.165) is 37.8 Å². The van der Waals surface area contributed by atoms with E-state index >= 15 is 0 Å². The SMILES string of the molecule is CC(C)(C)NC(=O)C1(C2CCCCC2)CCN(C(=O)[C@@H](Cc2ccc(Cl)cc2)NC(=O)[C@@H]2CNCCN2)CC1. The minimum absolute atomic E-state index is 0.0875. The Balaban J connectivity index is 1.49. The highest BCUT2D eigenvalue weighted by atomic mass is 35.5. The molecule has 4 rings (SSSR count). The van der Waals surface area contributed by atoms with Gasteiger partial charge in [0.15, 0.2) is 0 Å². The van der Waals surface area contributed by atoms with Gasteiger partial charge in [0.05, 0.1) is 11.5 Å². The monoisotopic (exact) mass is 559 g/mol. The maximum absolute atomic E-state index is 13.9. The lowest BCUT2D eigenvalue weighted by Gasteiger charge is -2.48. The Hall–Kier alpha value is -2.16. The highest BCUT2D eigenvalue weighted by Gasteiger charge is 2.49. The first-order chi connectivity index (χ1) is 18.6. The largest absolute Gasteiger partial charge is 0.351 e.